The second-order valence-corrected chi connectivity index (χ2v) is 7.04. The predicted octanol–water partition coefficient (Wildman–Crippen LogP) is 5.89. The van der Waals surface area contributed by atoms with Crippen LogP contribution in [0.3, 0.4) is 0 Å². The van der Waals surface area contributed by atoms with E-state index < -0.39 is 5.79 Å². The van der Waals surface area contributed by atoms with Crippen molar-refractivity contribution < 1.29 is 13.9 Å². The number of ether oxygens (including phenoxy) is 2. The Kier molecular flexibility index (Phi) is 3.68. The highest BCUT2D eigenvalue weighted by Crippen LogP contribution is 2.51. The first kappa shape index (κ1) is 15.3. The van der Waals surface area contributed by atoms with Crippen LogP contribution in [0.4, 0.5) is 4.39 Å². The van der Waals surface area contributed by atoms with E-state index in [0.717, 1.165) is 26.9 Å². The van der Waals surface area contributed by atoms with Crippen molar-refractivity contribution in [1.29, 1.82) is 0 Å². The maximum absolute atomic E-state index is 13.2. The third-order valence-corrected chi connectivity index (χ3v) is 4.52. The zero-order valence-corrected chi connectivity index (χ0v) is 14.6. The summed E-state index contributed by atoms with van der Waals surface area (Å²) in [4.78, 5) is 0. The molecule has 22 heavy (non-hydrogen) atoms. The van der Waals surface area contributed by atoms with Gasteiger partial charge in [-0.2, -0.15) is 0 Å². The number of benzene rings is 2. The quantitative estimate of drug-likeness (QED) is 0.661. The van der Waals surface area contributed by atoms with Crippen LogP contribution >= 0.6 is 15.9 Å². The summed E-state index contributed by atoms with van der Waals surface area (Å²) in [5.74, 6) is 0.802. The zero-order valence-electron chi connectivity index (χ0n) is 13.0. The van der Waals surface area contributed by atoms with Crippen LogP contribution in [0, 0.1) is 5.82 Å². The molecule has 0 saturated carbocycles. The molecule has 2 aromatic rings. The molecule has 0 N–H and O–H groups in total. The van der Waals surface area contributed by atoms with Crippen LogP contribution < -0.4 is 9.47 Å². The molecule has 0 atom stereocenters. The monoisotopic (exact) mass is 364 g/mol. The molecule has 2 aromatic carbocycles. The highest BCUT2D eigenvalue weighted by Gasteiger charge is 2.36. The number of rotatable bonds is 2. The third kappa shape index (κ3) is 2.60. The van der Waals surface area contributed by atoms with E-state index in [4.69, 9.17) is 9.47 Å². The van der Waals surface area contributed by atoms with Crippen LogP contribution in [0.1, 0.15) is 39.2 Å². The van der Waals surface area contributed by atoms with Gasteiger partial charge in [-0.25, -0.2) is 4.39 Å². The van der Waals surface area contributed by atoms with Crippen LogP contribution in [0.5, 0.6) is 11.5 Å². The molecule has 0 aliphatic carbocycles. The maximum atomic E-state index is 13.2. The first-order valence-corrected chi connectivity index (χ1v) is 8.08. The molecule has 116 valence electrons. The molecule has 0 aromatic heterocycles. The largest absolute Gasteiger partial charge is 0.449 e. The van der Waals surface area contributed by atoms with Gasteiger partial charge in [0.2, 0.25) is 5.79 Å². The summed E-state index contributed by atoms with van der Waals surface area (Å²) < 4.78 is 26.1. The van der Waals surface area contributed by atoms with Gasteiger partial charge in [-0.1, -0.05) is 26.0 Å². The van der Waals surface area contributed by atoms with E-state index in [1.165, 1.54) is 12.1 Å². The van der Waals surface area contributed by atoms with Crippen molar-refractivity contribution in [2.75, 3.05) is 0 Å². The van der Waals surface area contributed by atoms with Gasteiger partial charge in [-0.15, -0.1) is 0 Å². The summed E-state index contributed by atoms with van der Waals surface area (Å²) in [6.45, 7) is 8.01. The van der Waals surface area contributed by atoms with E-state index >= 15 is 0 Å². The predicted molar refractivity (Wildman–Crippen MR) is 89.0 cm³/mol. The van der Waals surface area contributed by atoms with E-state index in [2.05, 4.69) is 29.8 Å². The Morgan fingerprint density at radius 3 is 2.32 bits per heavy atom. The molecule has 0 saturated heterocycles. The maximum Gasteiger partial charge on any atom is 0.246 e. The number of fused-ring (bicyclic) bond motifs is 1. The normalized spacial score (nSPS) is 15.4. The summed E-state index contributed by atoms with van der Waals surface area (Å²) >= 11 is 3.70. The molecule has 1 aliphatic heterocycles. The standard InChI is InChI=1S/C18H18BrFO2/c1-10(2)13-9-14-17(22-18(3,4)21-14)15(16(13)19)11-5-7-12(20)8-6-11/h5-10H,1-4H3. The molecule has 3 rings (SSSR count). The molecular formula is C18H18BrFO2. The van der Waals surface area contributed by atoms with Crippen molar-refractivity contribution in [3.05, 3.63) is 46.2 Å². The van der Waals surface area contributed by atoms with Gasteiger partial charge in [0.05, 0.1) is 0 Å². The van der Waals surface area contributed by atoms with Crippen molar-refractivity contribution in [1.82, 2.24) is 0 Å². The van der Waals surface area contributed by atoms with Crippen molar-refractivity contribution in [2.45, 2.75) is 39.4 Å². The van der Waals surface area contributed by atoms with Crippen LogP contribution in [-0.2, 0) is 0 Å². The second kappa shape index (κ2) is 5.27. The SMILES string of the molecule is CC(C)c1cc2c(c(-c3ccc(F)cc3)c1Br)OC(C)(C)O2. The highest BCUT2D eigenvalue weighted by atomic mass is 79.9. The Hall–Kier alpha value is -1.55. The Morgan fingerprint density at radius 1 is 1.09 bits per heavy atom. The van der Waals surface area contributed by atoms with Crippen LogP contribution in [0.2, 0.25) is 0 Å². The van der Waals surface area contributed by atoms with E-state index in [0.29, 0.717) is 11.7 Å². The van der Waals surface area contributed by atoms with Crippen LogP contribution in [-0.4, -0.2) is 5.79 Å². The Bertz CT molecular complexity index is 721. The molecule has 0 amide bonds. The fourth-order valence-electron chi connectivity index (χ4n) is 2.64. The smallest absolute Gasteiger partial charge is 0.246 e. The van der Waals surface area contributed by atoms with E-state index in [1.807, 2.05) is 19.9 Å². The molecule has 4 heteroatoms. The molecular weight excluding hydrogens is 347 g/mol. The van der Waals surface area contributed by atoms with Gasteiger partial charge < -0.3 is 9.47 Å². The molecule has 2 nitrogen and oxygen atoms in total. The van der Waals surface area contributed by atoms with Crippen LogP contribution in [0.15, 0.2) is 34.8 Å². The lowest BCUT2D eigenvalue weighted by molar-refractivity contribution is -0.0429. The van der Waals surface area contributed by atoms with Crippen molar-refractivity contribution in [2.24, 2.45) is 0 Å². The Balaban J connectivity index is 2.26. The van der Waals surface area contributed by atoms with E-state index in [1.54, 1.807) is 12.1 Å². The molecule has 1 aliphatic rings. The van der Waals surface area contributed by atoms with Gasteiger partial charge >= 0.3 is 0 Å². The molecule has 0 bridgehead atoms. The van der Waals surface area contributed by atoms with E-state index in [9.17, 15) is 4.39 Å². The minimum absolute atomic E-state index is 0.256. The minimum atomic E-state index is -0.702. The van der Waals surface area contributed by atoms with Crippen molar-refractivity contribution in [3.63, 3.8) is 0 Å². The van der Waals surface area contributed by atoms with Gasteiger partial charge in [0.25, 0.3) is 0 Å². The summed E-state index contributed by atoms with van der Waals surface area (Å²) in [6, 6.07) is 8.45. The van der Waals surface area contributed by atoms with Gasteiger partial charge in [0.1, 0.15) is 5.82 Å². The zero-order chi connectivity index (χ0) is 16.1. The average molecular weight is 365 g/mol. The van der Waals surface area contributed by atoms with Gasteiger partial charge in [-0.05, 0) is 51.2 Å². The molecule has 1 heterocycles. The topological polar surface area (TPSA) is 18.5 Å². The highest BCUT2D eigenvalue weighted by molar-refractivity contribution is 9.10. The Morgan fingerprint density at radius 2 is 1.73 bits per heavy atom. The fourth-order valence-corrected chi connectivity index (χ4v) is 3.62. The Labute approximate surface area is 138 Å². The minimum Gasteiger partial charge on any atom is -0.449 e. The molecule has 0 radical (unpaired) electrons. The summed E-state index contributed by atoms with van der Waals surface area (Å²) in [5.41, 5.74) is 2.94. The summed E-state index contributed by atoms with van der Waals surface area (Å²) in [6.07, 6.45) is 0. The third-order valence-electron chi connectivity index (χ3n) is 3.67. The number of hydrogen-bond acceptors (Lipinski definition) is 2. The molecule has 0 fully saturated rings. The van der Waals surface area contributed by atoms with Crippen molar-refractivity contribution in [3.8, 4) is 22.6 Å². The first-order valence-electron chi connectivity index (χ1n) is 7.29. The van der Waals surface area contributed by atoms with Gasteiger partial charge in [0.15, 0.2) is 11.5 Å². The average Bonchev–Trinajstić information content (AvgIpc) is 2.73. The van der Waals surface area contributed by atoms with E-state index in [-0.39, 0.29) is 5.82 Å². The van der Waals surface area contributed by atoms with Gasteiger partial charge in [0, 0.05) is 23.9 Å². The van der Waals surface area contributed by atoms with Gasteiger partial charge in [-0.3, -0.25) is 0 Å². The lowest BCUT2D eigenvalue weighted by Crippen LogP contribution is -2.29. The van der Waals surface area contributed by atoms with Crippen LogP contribution in [0.25, 0.3) is 11.1 Å². The first-order chi connectivity index (χ1) is 10.3. The second-order valence-electron chi connectivity index (χ2n) is 6.25. The number of hydrogen-bond donors (Lipinski definition) is 0. The number of halogens is 2. The summed E-state index contributed by atoms with van der Waals surface area (Å²) in [7, 11) is 0. The molecule has 0 spiro atoms. The lowest BCUT2D eigenvalue weighted by atomic mass is 9.96. The lowest BCUT2D eigenvalue weighted by Gasteiger charge is -2.17. The molecule has 0 unspecified atom stereocenters. The fraction of sp³-hybridized carbons (Fsp3) is 0.333. The van der Waals surface area contributed by atoms with Crippen molar-refractivity contribution >= 4 is 15.9 Å². The summed E-state index contributed by atoms with van der Waals surface area (Å²) in [5, 5.41) is 0.